The van der Waals surface area contributed by atoms with Gasteiger partial charge < -0.3 is 9.73 Å². The van der Waals surface area contributed by atoms with Crippen LogP contribution in [0, 0.1) is 13.8 Å². The third-order valence-electron chi connectivity index (χ3n) is 3.87. The molecule has 0 bridgehead atoms. The Kier molecular flexibility index (Phi) is 4.88. The van der Waals surface area contributed by atoms with E-state index in [1.54, 1.807) is 20.9 Å². The topological polar surface area (TPSA) is 71.3 Å². The van der Waals surface area contributed by atoms with Crippen molar-refractivity contribution in [3.05, 3.63) is 17.1 Å². The van der Waals surface area contributed by atoms with Crippen LogP contribution < -0.4 is 10.0 Å². The average molecular weight is 300 g/mol. The minimum absolute atomic E-state index is 0.0609. The molecule has 0 spiro atoms. The van der Waals surface area contributed by atoms with E-state index in [-0.39, 0.29) is 6.04 Å². The van der Waals surface area contributed by atoms with Crippen molar-refractivity contribution in [2.45, 2.75) is 63.4 Å². The summed E-state index contributed by atoms with van der Waals surface area (Å²) in [5, 5.41) is 3.00. The molecule has 0 radical (unpaired) electrons. The van der Waals surface area contributed by atoms with Crippen LogP contribution in [-0.2, 0) is 16.6 Å². The van der Waals surface area contributed by atoms with E-state index in [0.29, 0.717) is 23.0 Å². The first-order valence-electron chi connectivity index (χ1n) is 7.21. The van der Waals surface area contributed by atoms with E-state index in [1.807, 2.05) is 0 Å². The van der Waals surface area contributed by atoms with E-state index in [0.717, 1.165) is 31.2 Å². The summed E-state index contributed by atoms with van der Waals surface area (Å²) >= 11 is 0. The molecule has 0 saturated heterocycles. The van der Waals surface area contributed by atoms with Crippen molar-refractivity contribution in [2.24, 2.45) is 0 Å². The van der Waals surface area contributed by atoms with Crippen molar-refractivity contribution in [1.29, 1.82) is 0 Å². The van der Waals surface area contributed by atoms with Gasteiger partial charge in [-0.05, 0) is 33.7 Å². The molecular formula is C14H24N2O3S. The number of furan rings is 1. The molecule has 1 aromatic rings. The number of hydrogen-bond acceptors (Lipinski definition) is 4. The van der Waals surface area contributed by atoms with Gasteiger partial charge in [0, 0.05) is 18.2 Å². The molecule has 1 aromatic heterocycles. The van der Waals surface area contributed by atoms with Crippen LogP contribution in [0.25, 0.3) is 0 Å². The minimum atomic E-state index is -3.51. The van der Waals surface area contributed by atoms with Gasteiger partial charge in [0.2, 0.25) is 10.0 Å². The summed E-state index contributed by atoms with van der Waals surface area (Å²) in [5.74, 6) is 1.14. The van der Waals surface area contributed by atoms with Crippen molar-refractivity contribution in [3.8, 4) is 0 Å². The molecule has 0 unspecified atom stereocenters. The number of nitrogens with one attached hydrogen (secondary N) is 2. The van der Waals surface area contributed by atoms with Crippen LogP contribution in [0.15, 0.2) is 9.31 Å². The van der Waals surface area contributed by atoms with E-state index in [1.165, 1.54) is 6.42 Å². The highest BCUT2D eigenvalue weighted by Crippen LogP contribution is 2.28. The molecule has 0 aromatic carbocycles. The Morgan fingerprint density at radius 3 is 2.40 bits per heavy atom. The second kappa shape index (κ2) is 6.28. The second-order valence-electron chi connectivity index (χ2n) is 5.51. The predicted molar refractivity (Wildman–Crippen MR) is 78.1 cm³/mol. The maximum absolute atomic E-state index is 12.6. The molecule has 1 fully saturated rings. The third-order valence-corrected chi connectivity index (χ3v) is 5.59. The molecule has 2 N–H and O–H groups in total. The summed E-state index contributed by atoms with van der Waals surface area (Å²) in [6, 6.07) is 0.0609. The fourth-order valence-corrected chi connectivity index (χ4v) is 4.69. The Hall–Kier alpha value is -0.850. The summed E-state index contributed by atoms with van der Waals surface area (Å²) in [5.41, 5.74) is 0.730. The molecule has 2 rings (SSSR count). The van der Waals surface area contributed by atoms with E-state index >= 15 is 0 Å². The van der Waals surface area contributed by atoms with Gasteiger partial charge in [0.15, 0.2) is 0 Å². The monoisotopic (exact) mass is 300 g/mol. The fourth-order valence-electron chi connectivity index (χ4n) is 2.94. The summed E-state index contributed by atoms with van der Waals surface area (Å²) in [6.45, 7) is 4.00. The SMILES string of the molecule is CNCc1c(C)oc(C)c1S(=O)(=O)NC1CCCCC1. The molecule has 0 aliphatic heterocycles. The van der Waals surface area contributed by atoms with Crippen LogP contribution in [0.4, 0.5) is 0 Å². The van der Waals surface area contributed by atoms with Crippen molar-refractivity contribution in [2.75, 3.05) is 7.05 Å². The minimum Gasteiger partial charge on any atom is -0.465 e. The molecule has 1 aliphatic rings. The largest absolute Gasteiger partial charge is 0.465 e. The Morgan fingerprint density at radius 1 is 1.15 bits per heavy atom. The summed E-state index contributed by atoms with van der Waals surface area (Å²) in [6.07, 6.45) is 5.25. The van der Waals surface area contributed by atoms with Crippen LogP contribution >= 0.6 is 0 Å². The fraction of sp³-hybridized carbons (Fsp3) is 0.714. The standard InChI is InChI=1S/C14H24N2O3S/c1-10-13(9-15-3)14(11(2)19-10)20(17,18)16-12-7-5-4-6-8-12/h12,15-16H,4-9H2,1-3H3. The lowest BCUT2D eigenvalue weighted by molar-refractivity contribution is 0.411. The number of sulfonamides is 1. The van der Waals surface area contributed by atoms with Gasteiger partial charge in [0.05, 0.1) is 0 Å². The lowest BCUT2D eigenvalue weighted by Crippen LogP contribution is -2.36. The number of aryl methyl sites for hydroxylation is 2. The number of rotatable bonds is 5. The van der Waals surface area contributed by atoms with Crippen molar-refractivity contribution in [3.63, 3.8) is 0 Å². The first kappa shape index (κ1) is 15.5. The highest BCUT2D eigenvalue weighted by molar-refractivity contribution is 7.89. The van der Waals surface area contributed by atoms with Crippen LogP contribution in [0.5, 0.6) is 0 Å². The molecule has 1 heterocycles. The summed E-state index contributed by atoms with van der Waals surface area (Å²) < 4.78 is 33.6. The normalized spacial score (nSPS) is 17.6. The average Bonchev–Trinajstić information content (AvgIpc) is 2.66. The smallest absolute Gasteiger partial charge is 0.244 e. The molecule has 1 saturated carbocycles. The molecule has 0 atom stereocenters. The van der Waals surface area contributed by atoms with Crippen LogP contribution in [-0.4, -0.2) is 21.5 Å². The second-order valence-corrected chi connectivity index (χ2v) is 7.16. The van der Waals surface area contributed by atoms with Crippen molar-refractivity contribution in [1.82, 2.24) is 10.0 Å². The molecule has 114 valence electrons. The molecule has 0 amide bonds. The predicted octanol–water partition coefficient (Wildman–Crippen LogP) is 2.23. The van der Waals surface area contributed by atoms with Crippen molar-refractivity contribution < 1.29 is 12.8 Å². The zero-order valence-electron chi connectivity index (χ0n) is 12.5. The molecule has 1 aliphatic carbocycles. The summed E-state index contributed by atoms with van der Waals surface area (Å²) in [7, 11) is -1.71. The van der Waals surface area contributed by atoms with Gasteiger partial charge in [0.1, 0.15) is 16.4 Å². The lowest BCUT2D eigenvalue weighted by Gasteiger charge is -2.22. The zero-order valence-corrected chi connectivity index (χ0v) is 13.3. The Morgan fingerprint density at radius 2 is 1.80 bits per heavy atom. The third kappa shape index (κ3) is 3.24. The van der Waals surface area contributed by atoms with Gasteiger partial charge in [-0.25, -0.2) is 13.1 Å². The maximum atomic E-state index is 12.6. The van der Waals surface area contributed by atoms with Gasteiger partial charge in [-0.1, -0.05) is 19.3 Å². The zero-order chi connectivity index (χ0) is 14.8. The number of hydrogen-bond donors (Lipinski definition) is 2. The van der Waals surface area contributed by atoms with E-state index in [9.17, 15) is 8.42 Å². The van der Waals surface area contributed by atoms with Crippen LogP contribution in [0.1, 0.15) is 49.2 Å². The van der Waals surface area contributed by atoms with E-state index < -0.39 is 10.0 Å². The Bertz CT molecular complexity index is 557. The van der Waals surface area contributed by atoms with Crippen LogP contribution in [0.2, 0.25) is 0 Å². The first-order valence-corrected chi connectivity index (χ1v) is 8.70. The Labute approximate surface area is 121 Å². The quantitative estimate of drug-likeness (QED) is 0.874. The summed E-state index contributed by atoms with van der Waals surface area (Å²) in [4.78, 5) is 0.315. The van der Waals surface area contributed by atoms with Gasteiger partial charge >= 0.3 is 0 Å². The molecule has 20 heavy (non-hydrogen) atoms. The maximum Gasteiger partial charge on any atom is 0.244 e. The molecule has 6 heteroatoms. The van der Waals surface area contributed by atoms with Gasteiger partial charge in [-0.3, -0.25) is 0 Å². The van der Waals surface area contributed by atoms with Crippen LogP contribution in [0.3, 0.4) is 0 Å². The lowest BCUT2D eigenvalue weighted by atomic mass is 9.96. The van der Waals surface area contributed by atoms with Gasteiger partial charge in [-0.2, -0.15) is 0 Å². The van der Waals surface area contributed by atoms with Gasteiger partial charge in [0.25, 0.3) is 0 Å². The van der Waals surface area contributed by atoms with E-state index in [4.69, 9.17) is 4.42 Å². The molecule has 5 nitrogen and oxygen atoms in total. The molecular weight excluding hydrogens is 276 g/mol. The highest BCUT2D eigenvalue weighted by Gasteiger charge is 2.29. The van der Waals surface area contributed by atoms with Gasteiger partial charge in [-0.15, -0.1) is 0 Å². The highest BCUT2D eigenvalue weighted by atomic mass is 32.2. The van der Waals surface area contributed by atoms with Crippen molar-refractivity contribution >= 4 is 10.0 Å². The Balaban J connectivity index is 2.28. The first-order chi connectivity index (χ1) is 9.45. The van der Waals surface area contributed by atoms with E-state index in [2.05, 4.69) is 10.0 Å².